The molecule has 3 aliphatic heterocycles. The highest BCUT2D eigenvalue weighted by Crippen LogP contribution is 2.41. The number of hydrogen-bond donors (Lipinski definition) is 5. The zero-order valence-corrected chi connectivity index (χ0v) is 62.5. The van der Waals surface area contributed by atoms with Crippen LogP contribution in [0.4, 0.5) is 37.9 Å². The number of aryl methyl sites for hydroxylation is 2. The number of thiophene rings is 1. The van der Waals surface area contributed by atoms with Gasteiger partial charge in [0.15, 0.2) is 26.6 Å². The maximum Gasteiger partial charge on any atom is 0.281 e. The van der Waals surface area contributed by atoms with Gasteiger partial charge in [-0.15, -0.1) is 0 Å². The lowest BCUT2D eigenvalue weighted by Crippen LogP contribution is -2.41. The standard InChI is InChI=1S/C25H30N6O3S.C24H24F2N4O4S.C24H28N4O4S2/c1-16-12-18(3)27-21(13-16)28-20-9-6-10-22(29-20)35(33,34)30-24(32)19-8-7-11-26-23(19)31-15-17(2)14-25(31,4)5;1-14-12-24(2,3)30(13-14)21-16(9-10-18(28-21)15-6-4-7-17(25)20(15)26)22(31)29-35(33,34)19-8-5-11-27-23(19)32;1-17-14-24(2,3)28(15-17)22-19(6-5-11-25-22)23(29)27-34(30,31)21-8-4-7-20(26-21)32-12-9-18-10-13-33-16-18/h6-13,17H,14-15H2,1-5H3,(H,30,32)(H,27,28,29);4-11,14H,12-13H2,1-3H3,(H,27,32)(H,29,31);4-8,10-11,13,16-17H,9,12,14-15H2,1-3H3,(H,27,29)/t;14-;/m.0./s1. The number of H-pyrrole nitrogens is 1. The SMILES string of the molecule is CC1CN(c2ncccc2C(=O)NS(=O)(=O)c2cccc(OCCc3ccsc3)n2)C(C)(C)C1.C[C@@H]1CN(c2nc(-c3cccc(F)c3F)ccc2C(=O)NS(=O)(=O)c2ccc[nH]c2=O)C(C)(C)C1.Cc1cc(C)nc(Nc2cccc(S(=O)(=O)NC(=O)c3cccnc3N3CC(C)CC3(C)C)n2)c1. The number of carbonyl (C=O) groups is 3. The van der Waals surface area contributed by atoms with Gasteiger partial charge in [0.25, 0.3) is 53.4 Å². The van der Waals surface area contributed by atoms with E-state index in [1.165, 1.54) is 54.7 Å². The van der Waals surface area contributed by atoms with E-state index in [1.54, 1.807) is 66.2 Å². The van der Waals surface area contributed by atoms with E-state index < -0.39 is 75.4 Å². The number of halogens is 2. The number of nitrogens with zero attached hydrogens (tertiary/aromatic N) is 9. The fraction of sp³-hybridized carbons (Fsp3) is 0.342. The molecule has 25 nitrogen and oxygen atoms in total. The number of carbonyl (C=O) groups excluding carboxylic acids is 3. The molecule has 2 unspecified atom stereocenters. The Morgan fingerprint density at radius 2 is 1.12 bits per heavy atom. The summed E-state index contributed by atoms with van der Waals surface area (Å²) >= 11 is 1.61. The minimum atomic E-state index is -4.49. The number of nitrogens with one attached hydrogen (secondary N) is 5. The van der Waals surface area contributed by atoms with Gasteiger partial charge in [-0.2, -0.15) is 33.2 Å². The number of ether oxygens (including phenoxy) is 1. The van der Waals surface area contributed by atoms with E-state index in [4.69, 9.17) is 4.74 Å². The third kappa shape index (κ3) is 18.1. The quantitative estimate of drug-likeness (QED) is 0.0502. The summed E-state index contributed by atoms with van der Waals surface area (Å²) in [7, 11) is -12.9. The fourth-order valence-electron chi connectivity index (χ4n) is 13.5. The van der Waals surface area contributed by atoms with Crippen LogP contribution in [0.25, 0.3) is 11.3 Å². The third-order valence-electron chi connectivity index (χ3n) is 17.7. The van der Waals surface area contributed by atoms with E-state index in [9.17, 15) is 53.2 Å². The molecule has 31 heteroatoms. The Bertz CT molecular complexity index is 5080. The van der Waals surface area contributed by atoms with Crippen molar-refractivity contribution in [3.63, 3.8) is 0 Å². The second-order valence-corrected chi connectivity index (χ2v) is 33.7. The molecule has 12 rings (SSSR count). The van der Waals surface area contributed by atoms with E-state index in [-0.39, 0.29) is 66.7 Å². The van der Waals surface area contributed by atoms with Crippen LogP contribution in [0.3, 0.4) is 0 Å². The average molecular weight is 1500 g/mol. The van der Waals surface area contributed by atoms with E-state index in [0.717, 1.165) is 61.3 Å². The van der Waals surface area contributed by atoms with Crippen molar-refractivity contribution >= 4 is 88.2 Å². The number of pyridine rings is 7. The van der Waals surface area contributed by atoms with Crippen LogP contribution in [0.5, 0.6) is 5.88 Å². The molecular formula is C73H82F2N14O11S4. The van der Waals surface area contributed by atoms with Crippen LogP contribution in [-0.2, 0) is 36.5 Å². The van der Waals surface area contributed by atoms with Crippen LogP contribution >= 0.6 is 11.3 Å². The van der Waals surface area contributed by atoms with Crippen molar-refractivity contribution in [2.75, 3.05) is 46.3 Å². The van der Waals surface area contributed by atoms with Crippen molar-refractivity contribution in [3.8, 4) is 17.1 Å². The topological polar surface area (TPSA) is 331 Å². The number of benzene rings is 1. The van der Waals surface area contributed by atoms with Gasteiger partial charge in [0.05, 0.1) is 29.0 Å². The van der Waals surface area contributed by atoms with Gasteiger partial charge in [-0.3, -0.25) is 19.2 Å². The van der Waals surface area contributed by atoms with Crippen LogP contribution in [0, 0.1) is 43.2 Å². The van der Waals surface area contributed by atoms with Gasteiger partial charge in [0, 0.05) is 78.6 Å². The first-order chi connectivity index (χ1) is 49.0. The molecule has 0 spiro atoms. The Morgan fingerprint density at radius 3 is 1.64 bits per heavy atom. The van der Waals surface area contributed by atoms with Gasteiger partial charge in [-0.25, -0.2) is 56.3 Å². The summed E-state index contributed by atoms with van der Waals surface area (Å²) in [6, 6.07) is 29.9. The Labute approximate surface area is 607 Å². The molecule has 3 aliphatic rings. The number of amides is 3. The Hall–Kier alpha value is -10.1. The molecule has 104 heavy (non-hydrogen) atoms. The molecule has 9 aromatic rings. The fourth-order valence-corrected chi connectivity index (χ4v) is 17.0. The molecule has 1 aromatic carbocycles. The summed E-state index contributed by atoms with van der Waals surface area (Å²) < 4.78 is 118. The van der Waals surface area contributed by atoms with Crippen LogP contribution in [0.1, 0.15) is 129 Å². The summed E-state index contributed by atoms with van der Waals surface area (Å²) in [6.07, 6.45) is 7.84. The summed E-state index contributed by atoms with van der Waals surface area (Å²) in [4.78, 5) is 85.0. The van der Waals surface area contributed by atoms with Gasteiger partial charge >= 0.3 is 0 Å². The van der Waals surface area contributed by atoms with Crippen molar-refractivity contribution < 1.29 is 53.2 Å². The minimum absolute atomic E-state index is 0.0799. The van der Waals surface area contributed by atoms with Crippen molar-refractivity contribution in [1.82, 2.24) is 49.1 Å². The molecule has 3 fully saturated rings. The van der Waals surface area contributed by atoms with Crippen molar-refractivity contribution in [2.24, 2.45) is 17.8 Å². The summed E-state index contributed by atoms with van der Waals surface area (Å²) in [5.74, 6) is -1.41. The number of aromatic amines is 1. The Balaban J connectivity index is 0.000000167. The van der Waals surface area contributed by atoms with E-state index in [2.05, 4.69) is 101 Å². The lowest BCUT2D eigenvalue weighted by atomic mass is 9.97. The first-order valence-electron chi connectivity index (χ1n) is 33.4. The maximum atomic E-state index is 14.5. The molecule has 3 amide bonds. The molecule has 8 aromatic heterocycles. The highest BCUT2D eigenvalue weighted by molar-refractivity contribution is 7.90. The molecule has 11 heterocycles. The zero-order chi connectivity index (χ0) is 75.3. The normalized spacial score (nSPS) is 17.4. The predicted molar refractivity (Wildman–Crippen MR) is 394 cm³/mol. The maximum absolute atomic E-state index is 14.5. The monoisotopic (exact) mass is 1500 g/mol. The van der Waals surface area contributed by atoms with E-state index in [0.29, 0.717) is 54.7 Å². The number of rotatable bonds is 19. The van der Waals surface area contributed by atoms with Crippen LogP contribution < -0.4 is 44.5 Å². The highest BCUT2D eigenvalue weighted by Gasteiger charge is 2.42. The summed E-state index contributed by atoms with van der Waals surface area (Å²) in [5, 5.41) is 6.49. The number of aromatic nitrogens is 7. The minimum Gasteiger partial charge on any atom is -0.477 e. The zero-order valence-electron chi connectivity index (χ0n) is 59.2. The molecule has 3 atom stereocenters. The third-order valence-corrected chi connectivity index (χ3v) is 22.2. The lowest BCUT2D eigenvalue weighted by molar-refractivity contribution is 0.0972. The molecular weight excluding hydrogens is 1420 g/mol. The first kappa shape index (κ1) is 76.5. The molecule has 3 saturated heterocycles. The van der Waals surface area contributed by atoms with E-state index in [1.807, 2.05) is 73.2 Å². The Morgan fingerprint density at radius 1 is 0.587 bits per heavy atom. The lowest BCUT2D eigenvalue weighted by Gasteiger charge is -2.34. The van der Waals surface area contributed by atoms with Crippen LogP contribution in [-0.4, -0.2) is 121 Å². The van der Waals surface area contributed by atoms with Gasteiger partial charge in [-0.1, -0.05) is 39.0 Å². The summed E-state index contributed by atoms with van der Waals surface area (Å²) in [5.41, 5.74) is 1.58. The van der Waals surface area contributed by atoms with Gasteiger partial charge in [0.2, 0.25) is 5.88 Å². The molecule has 0 saturated carbocycles. The highest BCUT2D eigenvalue weighted by atomic mass is 32.2. The summed E-state index contributed by atoms with van der Waals surface area (Å²) in [6.45, 7) is 24.8. The van der Waals surface area contributed by atoms with Crippen molar-refractivity contribution in [2.45, 2.75) is 133 Å². The first-order valence-corrected chi connectivity index (χ1v) is 38.8. The van der Waals surface area contributed by atoms with Gasteiger partial charge in [-0.05, 0) is 211 Å². The van der Waals surface area contributed by atoms with Crippen LogP contribution in [0.2, 0.25) is 0 Å². The smallest absolute Gasteiger partial charge is 0.281 e. The molecule has 0 radical (unpaired) electrons. The van der Waals surface area contributed by atoms with Crippen molar-refractivity contribution in [3.05, 3.63) is 206 Å². The number of anilines is 5. The second kappa shape index (κ2) is 31.1. The molecule has 5 N–H and O–H groups in total. The molecule has 0 aliphatic carbocycles. The molecule has 0 bridgehead atoms. The van der Waals surface area contributed by atoms with Crippen LogP contribution in [0.15, 0.2) is 170 Å². The largest absolute Gasteiger partial charge is 0.477 e. The van der Waals surface area contributed by atoms with Crippen molar-refractivity contribution in [1.29, 1.82) is 0 Å². The van der Waals surface area contributed by atoms with Gasteiger partial charge < -0.3 is 29.7 Å². The van der Waals surface area contributed by atoms with E-state index >= 15 is 0 Å². The Kier molecular flexibility index (Phi) is 22.9. The second-order valence-electron chi connectivity index (χ2n) is 28.0. The predicted octanol–water partition coefficient (Wildman–Crippen LogP) is 11.3. The molecule has 548 valence electrons. The average Bonchev–Trinajstić information content (AvgIpc) is 1.43. The number of hydrogen-bond acceptors (Lipinski definition) is 22. The number of sulfonamides is 3. The van der Waals surface area contributed by atoms with Gasteiger partial charge in [0.1, 0.15) is 29.1 Å².